The average Bonchev–Trinajstić information content (AvgIpc) is 3.30. The normalized spacial score (nSPS) is 14.0. The fourth-order valence-electron chi connectivity index (χ4n) is 4.23. The molecule has 2 aromatic rings. The molecule has 0 saturated heterocycles. The van der Waals surface area contributed by atoms with E-state index in [2.05, 4.69) is 17.2 Å². The molecule has 1 aliphatic carbocycles. The maximum Gasteiger partial charge on any atom is 0.412 e. The Labute approximate surface area is 213 Å². The summed E-state index contributed by atoms with van der Waals surface area (Å²) in [6, 6.07) is 8.98. The summed E-state index contributed by atoms with van der Waals surface area (Å²) in [5.74, 6) is 0.556. The Morgan fingerprint density at radius 1 is 1.17 bits per heavy atom. The van der Waals surface area contributed by atoms with Gasteiger partial charge in [-0.25, -0.2) is 4.79 Å². The maximum atomic E-state index is 13.3. The maximum absolute atomic E-state index is 13.3. The smallest absolute Gasteiger partial charge is 0.412 e. The number of nitrogens with zero attached hydrogens (tertiary/aromatic N) is 2. The average molecular weight is 502 g/mol. The Morgan fingerprint density at radius 3 is 2.60 bits per heavy atom. The first kappa shape index (κ1) is 26.8. The van der Waals surface area contributed by atoms with E-state index in [0.717, 1.165) is 31.5 Å². The van der Waals surface area contributed by atoms with Gasteiger partial charge in [-0.1, -0.05) is 31.4 Å². The van der Waals surface area contributed by atoms with Crippen molar-refractivity contribution in [3.8, 4) is 5.75 Å². The standard InChI is InChI=1S/C27H36ClN3O4/c1-5-13-31(23-8-6-7-9-23)25(32)19-15-20(28)17-24(16-19)34-14-11-21-18-22(10-12-29-21)30-26(33)35-27(2,3)4/h10,12,15-18,23H,5-9,11,13-14H2,1-4H3,(H,29,30,33). The molecule has 7 nitrogen and oxygen atoms in total. The summed E-state index contributed by atoms with van der Waals surface area (Å²) in [6.07, 6.45) is 7.01. The van der Waals surface area contributed by atoms with Crippen LogP contribution in [0.2, 0.25) is 5.02 Å². The van der Waals surface area contributed by atoms with Crippen molar-refractivity contribution in [1.29, 1.82) is 0 Å². The molecule has 1 N–H and O–H groups in total. The number of rotatable bonds is 9. The van der Waals surface area contributed by atoms with Crippen LogP contribution in [0.4, 0.5) is 10.5 Å². The molecule has 2 amide bonds. The molecule has 0 atom stereocenters. The van der Waals surface area contributed by atoms with E-state index in [1.807, 2.05) is 25.7 Å². The van der Waals surface area contributed by atoms with Crippen LogP contribution in [0, 0.1) is 0 Å². The first-order chi connectivity index (χ1) is 16.6. The van der Waals surface area contributed by atoms with Crippen molar-refractivity contribution in [3.63, 3.8) is 0 Å². The summed E-state index contributed by atoms with van der Waals surface area (Å²) < 4.78 is 11.2. The van der Waals surface area contributed by atoms with Crippen molar-refractivity contribution in [1.82, 2.24) is 9.88 Å². The minimum atomic E-state index is -0.574. The van der Waals surface area contributed by atoms with Gasteiger partial charge in [0.05, 0.1) is 6.61 Å². The number of pyridine rings is 1. The Bertz CT molecular complexity index is 1020. The highest BCUT2D eigenvalue weighted by atomic mass is 35.5. The second kappa shape index (κ2) is 12.2. The van der Waals surface area contributed by atoms with Gasteiger partial charge in [-0.2, -0.15) is 0 Å². The van der Waals surface area contributed by atoms with Crippen LogP contribution in [0.3, 0.4) is 0 Å². The number of ether oxygens (including phenoxy) is 2. The van der Waals surface area contributed by atoms with E-state index in [1.165, 1.54) is 12.8 Å². The molecule has 1 saturated carbocycles. The second-order valence-electron chi connectivity index (χ2n) is 9.87. The zero-order valence-electron chi connectivity index (χ0n) is 21.1. The number of carbonyl (C=O) groups excluding carboxylic acids is 2. The molecular formula is C27H36ClN3O4. The molecule has 0 unspecified atom stereocenters. The molecule has 1 heterocycles. The summed E-state index contributed by atoms with van der Waals surface area (Å²) in [5.41, 5.74) is 1.33. The number of nitrogens with one attached hydrogen (secondary N) is 1. The summed E-state index contributed by atoms with van der Waals surface area (Å²) >= 11 is 6.33. The van der Waals surface area contributed by atoms with Crippen molar-refractivity contribution < 1.29 is 19.1 Å². The molecule has 190 valence electrons. The third kappa shape index (κ3) is 8.42. The zero-order chi connectivity index (χ0) is 25.4. The lowest BCUT2D eigenvalue weighted by Gasteiger charge is -2.29. The van der Waals surface area contributed by atoms with Crippen LogP contribution in [0.5, 0.6) is 5.75 Å². The highest BCUT2D eigenvalue weighted by Crippen LogP contribution is 2.28. The van der Waals surface area contributed by atoms with Gasteiger partial charge >= 0.3 is 6.09 Å². The summed E-state index contributed by atoms with van der Waals surface area (Å²) in [4.78, 5) is 31.6. The molecule has 1 aromatic carbocycles. The quantitative estimate of drug-likeness (QED) is 0.424. The van der Waals surface area contributed by atoms with Gasteiger partial charge in [-0.3, -0.25) is 15.1 Å². The first-order valence-electron chi connectivity index (χ1n) is 12.3. The van der Waals surface area contributed by atoms with E-state index in [0.29, 0.717) is 41.1 Å². The first-order valence-corrected chi connectivity index (χ1v) is 12.7. The molecule has 8 heteroatoms. The zero-order valence-corrected chi connectivity index (χ0v) is 21.9. The second-order valence-corrected chi connectivity index (χ2v) is 10.3. The summed E-state index contributed by atoms with van der Waals surface area (Å²) in [7, 11) is 0. The number of aromatic nitrogens is 1. The molecule has 1 fully saturated rings. The van der Waals surface area contributed by atoms with Crippen molar-refractivity contribution in [2.75, 3.05) is 18.5 Å². The Balaban J connectivity index is 1.60. The predicted octanol–water partition coefficient (Wildman–Crippen LogP) is 6.50. The number of anilines is 1. The van der Waals surface area contributed by atoms with Crippen molar-refractivity contribution in [2.24, 2.45) is 0 Å². The van der Waals surface area contributed by atoms with E-state index in [4.69, 9.17) is 21.1 Å². The van der Waals surface area contributed by atoms with Gasteiger partial charge in [-0.05, 0) is 70.4 Å². The number of amides is 2. The highest BCUT2D eigenvalue weighted by molar-refractivity contribution is 6.31. The number of hydrogen-bond acceptors (Lipinski definition) is 5. The Kier molecular flexibility index (Phi) is 9.38. The van der Waals surface area contributed by atoms with Gasteiger partial charge in [0.1, 0.15) is 11.4 Å². The van der Waals surface area contributed by atoms with Crippen LogP contribution in [-0.2, 0) is 11.2 Å². The van der Waals surface area contributed by atoms with Crippen LogP contribution < -0.4 is 10.1 Å². The van der Waals surface area contributed by atoms with E-state index >= 15 is 0 Å². The van der Waals surface area contributed by atoms with Crippen LogP contribution in [-0.4, -0.2) is 46.7 Å². The van der Waals surface area contributed by atoms with Gasteiger partial charge in [0.15, 0.2) is 0 Å². The molecule has 0 aliphatic heterocycles. The van der Waals surface area contributed by atoms with Crippen molar-refractivity contribution in [3.05, 3.63) is 52.8 Å². The molecular weight excluding hydrogens is 466 g/mol. The minimum absolute atomic E-state index is 0.00804. The van der Waals surface area contributed by atoms with E-state index < -0.39 is 11.7 Å². The van der Waals surface area contributed by atoms with Gasteiger partial charge in [-0.15, -0.1) is 0 Å². The van der Waals surface area contributed by atoms with E-state index in [1.54, 1.807) is 36.5 Å². The third-order valence-corrected chi connectivity index (χ3v) is 5.92. The number of hydrogen-bond donors (Lipinski definition) is 1. The third-order valence-electron chi connectivity index (χ3n) is 5.70. The van der Waals surface area contributed by atoms with Crippen LogP contribution >= 0.6 is 11.6 Å². The molecule has 35 heavy (non-hydrogen) atoms. The minimum Gasteiger partial charge on any atom is -0.493 e. The van der Waals surface area contributed by atoms with Crippen molar-refractivity contribution >= 4 is 29.3 Å². The van der Waals surface area contributed by atoms with Crippen LogP contribution in [0.15, 0.2) is 36.5 Å². The van der Waals surface area contributed by atoms with Gasteiger partial charge in [0.25, 0.3) is 5.91 Å². The SMILES string of the molecule is CCCN(C(=O)c1cc(Cl)cc(OCCc2cc(NC(=O)OC(C)(C)C)ccn2)c1)C1CCCC1. The highest BCUT2D eigenvalue weighted by Gasteiger charge is 2.27. The van der Waals surface area contributed by atoms with E-state index in [9.17, 15) is 9.59 Å². The lowest BCUT2D eigenvalue weighted by atomic mass is 10.1. The number of halogens is 1. The van der Waals surface area contributed by atoms with Gasteiger partial charge in [0.2, 0.25) is 0 Å². The molecule has 3 rings (SSSR count). The number of benzene rings is 1. The Morgan fingerprint density at radius 2 is 1.91 bits per heavy atom. The van der Waals surface area contributed by atoms with Crippen molar-refractivity contribution in [2.45, 2.75) is 77.9 Å². The molecule has 0 radical (unpaired) electrons. The lowest BCUT2D eigenvalue weighted by molar-refractivity contribution is 0.0634. The molecule has 0 bridgehead atoms. The van der Waals surface area contributed by atoms with Gasteiger partial charge < -0.3 is 14.4 Å². The summed E-state index contributed by atoms with van der Waals surface area (Å²) in [5, 5.41) is 3.18. The predicted molar refractivity (Wildman–Crippen MR) is 138 cm³/mol. The van der Waals surface area contributed by atoms with Crippen LogP contribution in [0.1, 0.15) is 75.9 Å². The number of carbonyl (C=O) groups is 2. The monoisotopic (exact) mass is 501 g/mol. The van der Waals surface area contributed by atoms with E-state index in [-0.39, 0.29) is 5.91 Å². The Hall–Kier alpha value is -2.80. The molecule has 0 spiro atoms. The fraction of sp³-hybridized carbons (Fsp3) is 0.519. The lowest BCUT2D eigenvalue weighted by Crippen LogP contribution is -2.39. The topological polar surface area (TPSA) is 80.8 Å². The van der Waals surface area contributed by atoms with Crippen LogP contribution in [0.25, 0.3) is 0 Å². The molecule has 1 aliphatic rings. The van der Waals surface area contributed by atoms with Gasteiger partial charge in [0, 0.05) is 47.2 Å². The molecule has 1 aromatic heterocycles. The largest absolute Gasteiger partial charge is 0.493 e. The summed E-state index contributed by atoms with van der Waals surface area (Å²) in [6.45, 7) is 8.61. The fourth-order valence-corrected chi connectivity index (χ4v) is 4.45.